The number of hydrogen-bond acceptors (Lipinski definition) is 4. The third kappa shape index (κ3) is 3.24. The molecule has 118 valence electrons. The Bertz CT molecular complexity index is 899. The van der Waals surface area contributed by atoms with Crippen LogP contribution in [0.25, 0.3) is 10.9 Å². The lowest BCUT2D eigenvalue weighted by molar-refractivity contribution is 0.0953. The Kier molecular flexibility index (Phi) is 4.13. The molecule has 1 N–H and O–H groups in total. The summed E-state index contributed by atoms with van der Waals surface area (Å²) in [6.45, 7) is 8.38. The lowest BCUT2D eigenvalue weighted by atomic mass is 10.0. The third-order valence-electron chi connectivity index (χ3n) is 3.75. The average Bonchev–Trinajstić information content (AvgIpc) is 2.82. The summed E-state index contributed by atoms with van der Waals surface area (Å²) in [6.07, 6.45) is 0. The molecule has 0 bridgehead atoms. The summed E-state index contributed by atoms with van der Waals surface area (Å²) in [4.78, 5) is 22.7. The van der Waals surface area contributed by atoms with E-state index < -0.39 is 0 Å². The monoisotopic (exact) mass is 325 g/mol. The maximum Gasteiger partial charge on any atom is 0.252 e. The van der Waals surface area contributed by atoms with E-state index in [2.05, 4.69) is 15.3 Å². The number of nitrogens with one attached hydrogen (secondary N) is 1. The van der Waals surface area contributed by atoms with Crippen LogP contribution in [0.2, 0.25) is 0 Å². The fraction of sp³-hybridized carbons (Fsp3) is 0.278. The molecular formula is C18H19N3OS. The first-order valence-corrected chi connectivity index (χ1v) is 8.35. The van der Waals surface area contributed by atoms with Crippen molar-refractivity contribution in [1.29, 1.82) is 0 Å². The molecule has 0 aliphatic heterocycles. The number of nitrogens with zero attached hydrogens (tertiary/aromatic N) is 2. The molecule has 3 rings (SSSR count). The summed E-state index contributed by atoms with van der Waals surface area (Å²) < 4.78 is 0. The van der Waals surface area contributed by atoms with E-state index in [1.165, 1.54) is 0 Å². The van der Waals surface area contributed by atoms with Crippen molar-refractivity contribution < 1.29 is 4.79 Å². The summed E-state index contributed by atoms with van der Waals surface area (Å²) in [6, 6.07) is 7.84. The quantitative estimate of drug-likeness (QED) is 0.795. The molecule has 0 saturated heterocycles. The fourth-order valence-corrected chi connectivity index (χ4v) is 3.53. The number of thiazole rings is 1. The van der Waals surface area contributed by atoms with Gasteiger partial charge < -0.3 is 5.32 Å². The van der Waals surface area contributed by atoms with Crippen molar-refractivity contribution in [3.8, 4) is 0 Å². The molecule has 0 radical (unpaired) electrons. The van der Waals surface area contributed by atoms with Crippen molar-refractivity contribution in [1.82, 2.24) is 15.3 Å². The number of rotatable bonds is 3. The van der Waals surface area contributed by atoms with E-state index in [-0.39, 0.29) is 5.91 Å². The second kappa shape index (κ2) is 6.08. The molecule has 4 nitrogen and oxygen atoms in total. The number of benzene rings is 1. The molecule has 1 aromatic carbocycles. The second-order valence-corrected chi connectivity index (χ2v) is 7.04. The van der Waals surface area contributed by atoms with Crippen molar-refractivity contribution in [2.45, 2.75) is 34.2 Å². The molecule has 0 unspecified atom stereocenters. The number of pyridine rings is 1. The van der Waals surface area contributed by atoms with Gasteiger partial charge in [0.05, 0.1) is 28.3 Å². The Balaban J connectivity index is 1.91. The standard InChI is InChI=1S/C18H19N3OS/c1-10-5-6-16-14(7-10)15(8-11(2)20-16)18(22)19-9-17-12(3)21-13(4)23-17/h5-8H,9H2,1-4H3,(H,19,22). The first-order valence-electron chi connectivity index (χ1n) is 7.53. The zero-order valence-corrected chi connectivity index (χ0v) is 14.5. The number of carbonyl (C=O) groups is 1. The van der Waals surface area contributed by atoms with Crippen LogP contribution in [0.15, 0.2) is 24.3 Å². The Labute approximate surface area is 139 Å². The largest absolute Gasteiger partial charge is 0.347 e. The van der Waals surface area contributed by atoms with Gasteiger partial charge in [-0.3, -0.25) is 9.78 Å². The van der Waals surface area contributed by atoms with E-state index in [1.807, 2.05) is 52.0 Å². The lowest BCUT2D eigenvalue weighted by Gasteiger charge is -2.09. The molecule has 0 atom stereocenters. The second-order valence-electron chi connectivity index (χ2n) is 5.76. The zero-order chi connectivity index (χ0) is 16.6. The first-order chi connectivity index (χ1) is 10.9. The highest BCUT2D eigenvalue weighted by atomic mass is 32.1. The molecule has 0 aliphatic carbocycles. The highest BCUT2D eigenvalue weighted by Gasteiger charge is 2.13. The van der Waals surface area contributed by atoms with Crippen molar-refractivity contribution in [2.75, 3.05) is 0 Å². The van der Waals surface area contributed by atoms with Crippen molar-refractivity contribution in [3.63, 3.8) is 0 Å². The van der Waals surface area contributed by atoms with Gasteiger partial charge in [-0.15, -0.1) is 11.3 Å². The first kappa shape index (κ1) is 15.6. The predicted molar refractivity (Wildman–Crippen MR) is 94.0 cm³/mol. The van der Waals surface area contributed by atoms with Gasteiger partial charge in [-0.1, -0.05) is 11.6 Å². The summed E-state index contributed by atoms with van der Waals surface area (Å²) in [5.74, 6) is -0.0726. The maximum atomic E-state index is 12.7. The molecule has 23 heavy (non-hydrogen) atoms. The van der Waals surface area contributed by atoms with Gasteiger partial charge in [-0.25, -0.2) is 4.98 Å². The van der Waals surface area contributed by atoms with Gasteiger partial charge in [0.1, 0.15) is 0 Å². The normalized spacial score (nSPS) is 11.0. The average molecular weight is 325 g/mol. The maximum absolute atomic E-state index is 12.7. The van der Waals surface area contributed by atoms with Gasteiger partial charge in [0.25, 0.3) is 5.91 Å². The van der Waals surface area contributed by atoms with Crippen LogP contribution in [0.4, 0.5) is 0 Å². The number of amides is 1. The van der Waals surface area contributed by atoms with Crippen LogP contribution in [0.5, 0.6) is 0 Å². The minimum absolute atomic E-state index is 0.0726. The van der Waals surface area contributed by atoms with Crippen molar-refractivity contribution >= 4 is 28.1 Å². The molecule has 2 heterocycles. The van der Waals surface area contributed by atoms with E-state index in [0.29, 0.717) is 12.1 Å². The summed E-state index contributed by atoms with van der Waals surface area (Å²) in [5.41, 5.74) is 4.47. The molecular weight excluding hydrogens is 306 g/mol. The van der Waals surface area contributed by atoms with Crippen LogP contribution in [0, 0.1) is 27.7 Å². The molecule has 3 aromatic rings. The number of hydrogen-bond donors (Lipinski definition) is 1. The predicted octanol–water partition coefficient (Wildman–Crippen LogP) is 3.85. The Morgan fingerprint density at radius 3 is 2.61 bits per heavy atom. The Morgan fingerprint density at radius 1 is 1.13 bits per heavy atom. The van der Waals surface area contributed by atoms with E-state index in [0.717, 1.165) is 37.7 Å². The van der Waals surface area contributed by atoms with Gasteiger partial charge >= 0.3 is 0 Å². The highest BCUT2D eigenvalue weighted by Crippen LogP contribution is 2.21. The molecule has 5 heteroatoms. The van der Waals surface area contributed by atoms with Gasteiger partial charge in [-0.2, -0.15) is 0 Å². The molecule has 0 spiro atoms. The fourth-order valence-electron chi connectivity index (χ4n) is 2.65. The zero-order valence-electron chi connectivity index (χ0n) is 13.7. The minimum Gasteiger partial charge on any atom is -0.347 e. The van der Waals surface area contributed by atoms with Crippen LogP contribution >= 0.6 is 11.3 Å². The van der Waals surface area contributed by atoms with Crippen LogP contribution < -0.4 is 5.32 Å². The summed E-state index contributed by atoms with van der Waals surface area (Å²) in [5, 5.41) is 4.93. The number of aromatic nitrogens is 2. The number of carbonyl (C=O) groups excluding carboxylic acids is 1. The molecule has 0 saturated carbocycles. The molecule has 0 fully saturated rings. The van der Waals surface area contributed by atoms with E-state index in [1.54, 1.807) is 11.3 Å². The van der Waals surface area contributed by atoms with Gasteiger partial charge in [0, 0.05) is 16.0 Å². The van der Waals surface area contributed by atoms with Gasteiger partial charge in [-0.05, 0) is 45.9 Å². The topological polar surface area (TPSA) is 54.9 Å². The number of fused-ring (bicyclic) bond motifs is 1. The van der Waals surface area contributed by atoms with E-state index >= 15 is 0 Å². The van der Waals surface area contributed by atoms with Crippen LogP contribution in [0.3, 0.4) is 0 Å². The van der Waals surface area contributed by atoms with Gasteiger partial charge in [0.2, 0.25) is 0 Å². The highest BCUT2D eigenvalue weighted by molar-refractivity contribution is 7.11. The number of aryl methyl sites for hydroxylation is 4. The molecule has 2 aromatic heterocycles. The summed E-state index contributed by atoms with van der Waals surface area (Å²) >= 11 is 1.62. The van der Waals surface area contributed by atoms with E-state index in [4.69, 9.17) is 0 Å². The van der Waals surface area contributed by atoms with Crippen LogP contribution in [-0.4, -0.2) is 15.9 Å². The lowest BCUT2D eigenvalue weighted by Crippen LogP contribution is -2.23. The minimum atomic E-state index is -0.0726. The summed E-state index contributed by atoms with van der Waals surface area (Å²) in [7, 11) is 0. The van der Waals surface area contributed by atoms with Crippen molar-refractivity contribution in [3.05, 3.63) is 56.7 Å². The van der Waals surface area contributed by atoms with Crippen molar-refractivity contribution in [2.24, 2.45) is 0 Å². The Morgan fingerprint density at radius 2 is 1.91 bits per heavy atom. The molecule has 1 amide bonds. The van der Waals surface area contributed by atoms with Crippen LogP contribution in [0.1, 0.15) is 37.2 Å². The van der Waals surface area contributed by atoms with Gasteiger partial charge in [0.15, 0.2) is 0 Å². The molecule has 0 aliphatic rings. The smallest absolute Gasteiger partial charge is 0.252 e. The van der Waals surface area contributed by atoms with Crippen LogP contribution in [-0.2, 0) is 6.54 Å². The SMILES string of the molecule is Cc1ccc2nc(C)cc(C(=O)NCc3sc(C)nc3C)c2c1. The third-order valence-corrected chi connectivity index (χ3v) is 4.82. The Hall–Kier alpha value is -2.27. The van der Waals surface area contributed by atoms with E-state index in [9.17, 15) is 4.79 Å².